The van der Waals surface area contributed by atoms with Crippen LogP contribution in [0, 0.1) is 13.8 Å². The zero-order chi connectivity index (χ0) is 21.4. The molecule has 29 heavy (non-hydrogen) atoms. The second-order valence-electron chi connectivity index (χ2n) is 7.94. The molecule has 0 atom stereocenters. The van der Waals surface area contributed by atoms with Gasteiger partial charge in [-0.3, -0.25) is 9.89 Å². The summed E-state index contributed by atoms with van der Waals surface area (Å²) in [6.07, 6.45) is 0. The van der Waals surface area contributed by atoms with Gasteiger partial charge >= 0.3 is 0 Å². The number of sulfonamides is 1. The molecule has 2 aromatic rings. The van der Waals surface area contributed by atoms with Crippen molar-refractivity contribution in [3.05, 3.63) is 17.3 Å². The Hall–Kier alpha value is -1.92. The zero-order valence-electron chi connectivity index (χ0n) is 17.2. The summed E-state index contributed by atoms with van der Waals surface area (Å²) >= 11 is 1.27. The van der Waals surface area contributed by atoms with Crippen molar-refractivity contribution in [1.82, 2.24) is 29.5 Å². The molecular weight excluding hydrogens is 416 g/mol. The van der Waals surface area contributed by atoms with E-state index in [0.29, 0.717) is 23.9 Å². The first-order valence-electron chi connectivity index (χ1n) is 9.26. The number of H-pyrrole nitrogens is 1. The number of aromatic amines is 1. The highest BCUT2D eigenvalue weighted by molar-refractivity contribution is 7.99. The lowest BCUT2D eigenvalue weighted by Gasteiger charge is -2.33. The second-order valence-corrected chi connectivity index (χ2v) is 10.8. The van der Waals surface area contributed by atoms with Crippen molar-refractivity contribution in [2.75, 3.05) is 31.9 Å². The topological polar surface area (TPSA) is 125 Å². The third-order valence-corrected chi connectivity index (χ3v) is 7.63. The van der Waals surface area contributed by atoms with Gasteiger partial charge in [0.05, 0.1) is 5.75 Å². The average molecular weight is 443 g/mol. The molecule has 0 spiro atoms. The molecular formula is C17H26N6O4S2. The van der Waals surface area contributed by atoms with Gasteiger partial charge in [0.1, 0.15) is 16.4 Å². The molecule has 160 valence electrons. The third-order valence-electron chi connectivity index (χ3n) is 4.66. The van der Waals surface area contributed by atoms with Gasteiger partial charge in [0.25, 0.3) is 0 Å². The van der Waals surface area contributed by atoms with E-state index in [2.05, 4.69) is 20.3 Å². The molecule has 0 aromatic carbocycles. The summed E-state index contributed by atoms with van der Waals surface area (Å²) in [6, 6.07) is 0. The Morgan fingerprint density at radius 2 is 1.86 bits per heavy atom. The van der Waals surface area contributed by atoms with Crippen LogP contribution in [-0.2, 0) is 20.2 Å². The van der Waals surface area contributed by atoms with Crippen LogP contribution in [0.15, 0.2) is 14.6 Å². The predicted octanol–water partition coefficient (Wildman–Crippen LogP) is 1.33. The summed E-state index contributed by atoms with van der Waals surface area (Å²) in [7, 11) is -3.69. The maximum atomic E-state index is 12.9. The molecule has 3 rings (SSSR count). The van der Waals surface area contributed by atoms with Gasteiger partial charge in [-0.25, -0.2) is 13.4 Å². The number of aromatic nitrogens is 4. The standard InChI is InChI=1S/C17H26N6O4S2/c1-11-14(12(2)27-21-11)29(25,26)23-8-6-22(7-9-23)13(24)10-28-16-18-15(19-20-16)17(3,4)5/h6-10H2,1-5H3,(H,18,19,20). The monoisotopic (exact) mass is 442 g/mol. The number of thioether (sulfide) groups is 1. The van der Waals surface area contributed by atoms with E-state index < -0.39 is 10.0 Å². The normalized spacial score (nSPS) is 16.4. The van der Waals surface area contributed by atoms with Crippen LogP contribution in [0.3, 0.4) is 0 Å². The fraction of sp³-hybridized carbons (Fsp3) is 0.647. The molecule has 1 fully saturated rings. The van der Waals surface area contributed by atoms with Crippen LogP contribution in [0.4, 0.5) is 0 Å². The summed E-state index contributed by atoms with van der Waals surface area (Å²) in [6.45, 7) is 10.4. The van der Waals surface area contributed by atoms with Crippen LogP contribution in [0.25, 0.3) is 0 Å². The van der Waals surface area contributed by atoms with Crippen molar-refractivity contribution in [2.45, 2.75) is 50.1 Å². The van der Waals surface area contributed by atoms with Crippen LogP contribution in [0.5, 0.6) is 0 Å². The van der Waals surface area contributed by atoms with E-state index in [1.807, 2.05) is 20.8 Å². The Kier molecular flexibility index (Phi) is 6.06. The van der Waals surface area contributed by atoms with Crippen molar-refractivity contribution in [1.29, 1.82) is 0 Å². The minimum absolute atomic E-state index is 0.0634. The van der Waals surface area contributed by atoms with Gasteiger partial charge in [-0.15, -0.1) is 5.10 Å². The molecule has 2 aromatic heterocycles. The van der Waals surface area contributed by atoms with Gasteiger partial charge in [-0.2, -0.15) is 4.31 Å². The Morgan fingerprint density at radius 1 is 1.21 bits per heavy atom. The molecule has 3 heterocycles. The first-order valence-corrected chi connectivity index (χ1v) is 11.7. The molecule has 1 amide bonds. The van der Waals surface area contributed by atoms with E-state index >= 15 is 0 Å². The summed E-state index contributed by atoms with van der Waals surface area (Å²) in [4.78, 5) is 18.7. The molecule has 10 nitrogen and oxygen atoms in total. The van der Waals surface area contributed by atoms with E-state index in [-0.39, 0.29) is 40.8 Å². The maximum absolute atomic E-state index is 12.9. The van der Waals surface area contributed by atoms with Crippen LogP contribution < -0.4 is 0 Å². The molecule has 1 aliphatic heterocycles. The predicted molar refractivity (Wildman–Crippen MR) is 107 cm³/mol. The van der Waals surface area contributed by atoms with Gasteiger partial charge in [0, 0.05) is 31.6 Å². The first-order chi connectivity index (χ1) is 13.5. The zero-order valence-corrected chi connectivity index (χ0v) is 18.9. The Labute approximate surface area is 174 Å². The van der Waals surface area contributed by atoms with E-state index in [9.17, 15) is 13.2 Å². The summed E-state index contributed by atoms with van der Waals surface area (Å²) in [5.74, 6) is 1.19. The first kappa shape index (κ1) is 21.8. The Bertz CT molecular complexity index is 964. The molecule has 1 aliphatic rings. The number of nitrogens with one attached hydrogen (secondary N) is 1. The molecule has 0 saturated carbocycles. The number of nitrogens with zero attached hydrogens (tertiary/aromatic N) is 5. The van der Waals surface area contributed by atoms with Crippen molar-refractivity contribution in [2.24, 2.45) is 0 Å². The number of hydrogen-bond donors (Lipinski definition) is 1. The molecule has 1 saturated heterocycles. The average Bonchev–Trinajstić information content (AvgIpc) is 3.26. The fourth-order valence-corrected chi connectivity index (χ4v) is 5.43. The molecule has 0 unspecified atom stereocenters. The highest BCUT2D eigenvalue weighted by atomic mass is 32.2. The second kappa shape index (κ2) is 8.07. The number of piperazine rings is 1. The lowest BCUT2D eigenvalue weighted by Crippen LogP contribution is -2.51. The van der Waals surface area contributed by atoms with E-state index in [1.54, 1.807) is 18.7 Å². The van der Waals surface area contributed by atoms with Crippen LogP contribution in [0.2, 0.25) is 0 Å². The number of amides is 1. The molecule has 0 bridgehead atoms. The largest absolute Gasteiger partial charge is 0.360 e. The van der Waals surface area contributed by atoms with Crippen LogP contribution in [0.1, 0.15) is 38.0 Å². The quantitative estimate of drug-likeness (QED) is 0.688. The molecule has 0 aliphatic carbocycles. The minimum atomic E-state index is -3.69. The number of hydrogen-bond acceptors (Lipinski definition) is 8. The number of rotatable bonds is 5. The van der Waals surface area contributed by atoms with Gasteiger partial charge in [-0.05, 0) is 13.8 Å². The Balaban J connectivity index is 1.55. The number of aryl methyl sites for hydroxylation is 2. The van der Waals surface area contributed by atoms with Gasteiger partial charge in [-0.1, -0.05) is 37.7 Å². The van der Waals surface area contributed by atoms with Crippen molar-refractivity contribution in [3.63, 3.8) is 0 Å². The third kappa shape index (κ3) is 4.64. The van der Waals surface area contributed by atoms with E-state index in [4.69, 9.17) is 4.52 Å². The van der Waals surface area contributed by atoms with Crippen molar-refractivity contribution >= 4 is 27.7 Å². The van der Waals surface area contributed by atoms with Gasteiger partial charge in [0.2, 0.25) is 21.1 Å². The number of carbonyl (C=O) groups is 1. The van der Waals surface area contributed by atoms with Crippen molar-refractivity contribution in [3.8, 4) is 0 Å². The lowest BCUT2D eigenvalue weighted by molar-refractivity contribution is -0.129. The SMILES string of the molecule is Cc1noc(C)c1S(=O)(=O)N1CCN(C(=O)CSc2n[nH]c(C(C)(C)C)n2)CC1. The maximum Gasteiger partial charge on any atom is 0.248 e. The minimum Gasteiger partial charge on any atom is -0.360 e. The van der Waals surface area contributed by atoms with Gasteiger partial charge < -0.3 is 9.42 Å². The summed E-state index contributed by atoms with van der Waals surface area (Å²) in [5, 5.41) is 11.3. The Morgan fingerprint density at radius 3 is 2.38 bits per heavy atom. The molecule has 0 radical (unpaired) electrons. The van der Waals surface area contributed by atoms with Crippen molar-refractivity contribution < 1.29 is 17.7 Å². The van der Waals surface area contributed by atoms with Gasteiger partial charge in [0.15, 0.2) is 5.76 Å². The fourth-order valence-electron chi connectivity index (χ4n) is 3.01. The van der Waals surface area contributed by atoms with E-state index in [0.717, 1.165) is 5.82 Å². The highest BCUT2D eigenvalue weighted by Crippen LogP contribution is 2.25. The molecule has 12 heteroatoms. The van der Waals surface area contributed by atoms with E-state index in [1.165, 1.54) is 16.1 Å². The van der Waals surface area contributed by atoms with Crippen LogP contribution in [-0.4, -0.2) is 75.8 Å². The number of carbonyl (C=O) groups excluding carboxylic acids is 1. The lowest BCUT2D eigenvalue weighted by atomic mass is 9.96. The highest BCUT2D eigenvalue weighted by Gasteiger charge is 2.34. The summed E-state index contributed by atoms with van der Waals surface area (Å²) in [5.41, 5.74) is 0.206. The molecule has 1 N–H and O–H groups in total. The van der Waals surface area contributed by atoms with Crippen LogP contribution >= 0.6 is 11.8 Å². The summed E-state index contributed by atoms with van der Waals surface area (Å²) < 4.78 is 32.1. The smallest absolute Gasteiger partial charge is 0.248 e.